The average molecular weight is 289 g/mol. The molecule has 2 N–H and O–H groups in total. The molecule has 21 heavy (non-hydrogen) atoms. The second-order valence-electron chi connectivity index (χ2n) is 6.01. The van der Waals surface area contributed by atoms with Gasteiger partial charge in [-0.25, -0.2) is 0 Å². The first kappa shape index (κ1) is 15.6. The molecule has 1 unspecified atom stereocenters. The molecular weight excluding hydrogens is 266 g/mol. The van der Waals surface area contributed by atoms with Crippen LogP contribution in [0.2, 0.25) is 0 Å². The van der Waals surface area contributed by atoms with Crippen LogP contribution in [-0.2, 0) is 11.2 Å². The van der Waals surface area contributed by atoms with E-state index in [1.807, 2.05) is 25.1 Å². The minimum atomic E-state index is -0.182. The Balaban J connectivity index is 2.04. The zero-order chi connectivity index (χ0) is 15.4. The van der Waals surface area contributed by atoms with Crippen molar-refractivity contribution in [2.75, 3.05) is 6.61 Å². The van der Waals surface area contributed by atoms with Crippen LogP contribution in [0.1, 0.15) is 31.4 Å². The van der Waals surface area contributed by atoms with Crippen molar-refractivity contribution < 1.29 is 14.3 Å². The van der Waals surface area contributed by atoms with Gasteiger partial charge in [0.05, 0.1) is 25.3 Å². The Kier molecular flexibility index (Phi) is 5.02. The molecule has 0 fully saturated rings. The molecule has 1 atom stereocenters. The summed E-state index contributed by atoms with van der Waals surface area (Å²) in [5.74, 6) is 0.346. The molecule has 1 aromatic heterocycles. The molecule has 0 saturated heterocycles. The van der Waals surface area contributed by atoms with Crippen LogP contribution in [0.15, 0.2) is 28.9 Å². The lowest BCUT2D eigenvalue weighted by atomic mass is 10.0. The molecule has 1 heterocycles. The zero-order valence-corrected chi connectivity index (χ0v) is 12.8. The number of nitrogens with one attached hydrogen (secondary N) is 1. The fourth-order valence-electron chi connectivity index (χ4n) is 2.53. The molecule has 114 valence electrons. The first-order chi connectivity index (χ1) is 9.99. The normalized spacial score (nSPS) is 12.8. The summed E-state index contributed by atoms with van der Waals surface area (Å²) in [6.45, 7) is 6.11. The highest BCUT2D eigenvalue weighted by Gasteiger charge is 2.15. The van der Waals surface area contributed by atoms with Gasteiger partial charge in [-0.1, -0.05) is 26.0 Å². The third kappa shape index (κ3) is 4.08. The lowest BCUT2D eigenvalue weighted by molar-refractivity contribution is -0.121. The number of aryl methyl sites for hydroxylation is 1. The number of hydrogen-bond donors (Lipinski definition) is 2. The molecule has 1 aromatic carbocycles. The number of furan rings is 1. The molecule has 2 aromatic rings. The van der Waals surface area contributed by atoms with Crippen molar-refractivity contribution in [3.8, 4) is 0 Å². The van der Waals surface area contributed by atoms with Gasteiger partial charge in [0.1, 0.15) is 5.58 Å². The third-order valence-electron chi connectivity index (χ3n) is 3.50. The van der Waals surface area contributed by atoms with E-state index in [1.54, 1.807) is 6.26 Å². The van der Waals surface area contributed by atoms with Crippen molar-refractivity contribution in [1.82, 2.24) is 5.32 Å². The maximum atomic E-state index is 12.1. The highest BCUT2D eigenvalue weighted by Crippen LogP contribution is 2.22. The second kappa shape index (κ2) is 6.76. The number of carbonyl (C=O) groups excluding carboxylic acids is 1. The van der Waals surface area contributed by atoms with E-state index in [9.17, 15) is 9.90 Å². The molecule has 0 aliphatic carbocycles. The van der Waals surface area contributed by atoms with E-state index in [0.29, 0.717) is 5.92 Å². The van der Waals surface area contributed by atoms with Gasteiger partial charge in [0.25, 0.3) is 0 Å². The summed E-state index contributed by atoms with van der Waals surface area (Å²) in [4.78, 5) is 12.1. The maximum absolute atomic E-state index is 12.1. The topological polar surface area (TPSA) is 62.5 Å². The molecular formula is C17H23NO3. The van der Waals surface area contributed by atoms with Gasteiger partial charge in [0.2, 0.25) is 5.91 Å². The number of hydrogen-bond acceptors (Lipinski definition) is 3. The van der Waals surface area contributed by atoms with E-state index in [1.165, 1.54) is 0 Å². The van der Waals surface area contributed by atoms with Crippen LogP contribution in [0.4, 0.5) is 0 Å². The Morgan fingerprint density at radius 1 is 1.38 bits per heavy atom. The monoisotopic (exact) mass is 289 g/mol. The van der Waals surface area contributed by atoms with Gasteiger partial charge < -0.3 is 14.8 Å². The van der Waals surface area contributed by atoms with E-state index >= 15 is 0 Å². The molecule has 1 amide bonds. The Bertz CT molecular complexity index is 616. The Hall–Kier alpha value is -1.81. The molecule has 2 rings (SSSR count). The average Bonchev–Trinajstić information content (AvgIpc) is 2.79. The molecule has 0 aliphatic rings. The lowest BCUT2D eigenvalue weighted by Gasteiger charge is -2.18. The van der Waals surface area contributed by atoms with Crippen molar-refractivity contribution in [3.63, 3.8) is 0 Å². The number of benzene rings is 1. The van der Waals surface area contributed by atoms with Gasteiger partial charge in [0, 0.05) is 10.9 Å². The number of amides is 1. The van der Waals surface area contributed by atoms with Gasteiger partial charge in [-0.15, -0.1) is 0 Å². The largest absolute Gasteiger partial charge is 0.464 e. The van der Waals surface area contributed by atoms with Gasteiger partial charge >= 0.3 is 0 Å². The second-order valence-corrected chi connectivity index (χ2v) is 6.01. The Labute approximate surface area is 125 Å². The van der Waals surface area contributed by atoms with Crippen LogP contribution in [0, 0.1) is 12.8 Å². The smallest absolute Gasteiger partial charge is 0.224 e. The standard InChI is InChI=1S/C17H23NO3/c1-11(2)6-14(9-19)18-17(20)8-13-10-21-16-7-12(3)4-5-15(13)16/h4-5,7,10-11,14,19H,6,8-9H2,1-3H3,(H,18,20). The van der Waals surface area contributed by atoms with Crippen LogP contribution in [0.3, 0.4) is 0 Å². The summed E-state index contributed by atoms with van der Waals surface area (Å²) >= 11 is 0. The molecule has 0 aliphatic heterocycles. The van der Waals surface area contributed by atoms with Gasteiger partial charge in [-0.05, 0) is 30.9 Å². The summed E-state index contributed by atoms with van der Waals surface area (Å²) in [5.41, 5.74) is 2.81. The van der Waals surface area contributed by atoms with E-state index in [2.05, 4.69) is 19.2 Å². The summed E-state index contributed by atoms with van der Waals surface area (Å²) in [6.07, 6.45) is 2.68. The SMILES string of the molecule is Cc1ccc2c(CC(=O)NC(CO)CC(C)C)coc2c1. The molecule has 4 heteroatoms. The predicted octanol–water partition coefficient (Wildman–Crippen LogP) is 2.81. The first-order valence-electron chi connectivity index (χ1n) is 7.36. The van der Waals surface area contributed by atoms with Crippen molar-refractivity contribution in [2.45, 2.75) is 39.7 Å². The molecule has 4 nitrogen and oxygen atoms in total. The highest BCUT2D eigenvalue weighted by molar-refractivity contribution is 5.88. The Morgan fingerprint density at radius 2 is 2.14 bits per heavy atom. The summed E-state index contributed by atoms with van der Waals surface area (Å²) in [5, 5.41) is 13.2. The van der Waals surface area contributed by atoms with Crippen LogP contribution in [-0.4, -0.2) is 23.7 Å². The third-order valence-corrected chi connectivity index (χ3v) is 3.50. The van der Waals surface area contributed by atoms with E-state index < -0.39 is 0 Å². The van der Waals surface area contributed by atoms with E-state index in [4.69, 9.17) is 4.42 Å². The Morgan fingerprint density at radius 3 is 2.81 bits per heavy atom. The first-order valence-corrected chi connectivity index (χ1v) is 7.36. The number of rotatable bonds is 6. The number of fused-ring (bicyclic) bond motifs is 1. The van der Waals surface area contributed by atoms with Crippen molar-refractivity contribution in [3.05, 3.63) is 35.6 Å². The van der Waals surface area contributed by atoms with Crippen molar-refractivity contribution in [2.24, 2.45) is 5.92 Å². The minimum Gasteiger partial charge on any atom is -0.464 e. The zero-order valence-electron chi connectivity index (χ0n) is 12.8. The number of aliphatic hydroxyl groups is 1. The molecule has 0 spiro atoms. The van der Waals surface area contributed by atoms with Crippen molar-refractivity contribution in [1.29, 1.82) is 0 Å². The van der Waals surface area contributed by atoms with Gasteiger partial charge in [0.15, 0.2) is 0 Å². The summed E-state index contributed by atoms with van der Waals surface area (Å²) in [7, 11) is 0. The number of aliphatic hydroxyl groups excluding tert-OH is 1. The summed E-state index contributed by atoms with van der Waals surface area (Å²) in [6, 6.07) is 5.77. The predicted molar refractivity (Wildman–Crippen MR) is 83.1 cm³/mol. The van der Waals surface area contributed by atoms with Crippen LogP contribution in [0.5, 0.6) is 0 Å². The number of carbonyl (C=O) groups is 1. The molecule has 0 radical (unpaired) electrons. The highest BCUT2D eigenvalue weighted by atomic mass is 16.3. The van der Waals surface area contributed by atoms with Crippen molar-refractivity contribution >= 4 is 16.9 Å². The van der Waals surface area contributed by atoms with Gasteiger partial charge in [-0.3, -0.25) is 4.79 Å². The van der Waals surface area contributed by atoms with E-state index in [-0.39, 0.29) is 25.0 Å². The molecule has 0 bridgehead atoms. The van der Waals surface area contributed by atoms with Crippen LogP contribution < -0.4 is 5.32 Å². The van der Waals surface area contributed by atoms with Gasteiger partial charge in [-0.2, -0.15) is 0 Å². The lowest BCUT2D eigenvalue weighted by Crippen LogP contribution is -2.39. The fraction of sp³-hybridized carbons (Fsp3) is 0.471. The quantitative estimate of drug-likeness (QED) is 0.859. The fourth-order valence-corrected chi connectivity index (χ4v) is 2.53. The molecule has 0 saturated carbocycles. The van der Waals surface area contributed by atoms with Crippen LogP contribution >= 0.6 is 0 Å². The minimum absolute atomic E-state index is 0.0325. The summed E-state index contributed by atoms with van der Waals surface area (Å²) < 4.78 is 5.50. The van der Waals surface area contributed by atoms with Crippen LogP contribution in [0.25, 0.3) is 11.0 Å². The van der Waals surface area contributed by atoms with E-state index in [0.717, 1.165) is 28.5 Å². The maximum Gasteiger partial charge on any atom is 0.224 e.